The Morgan fingerprint density at radius 2 is 1.74 bits per heavy atom. The lowest BCUT2D eigenvalue weighted by atomic mass is 10.1. The van der Waals surface area contributed by atoms with Crippen LogP contribution in [0.1, 0.15) is 32.3 Å². The summed E-state index contributed by atoms with van der Waals surface area (Å²) in [5.41, 5.74) is 2.68. The fraction of sp³-hybridized carbons (Fsp3) is 0.625. The van der Waals surface area contributed by atoms with Crippen LogP contribution in [0.3, 0.4) is 0 Å². The molecule has 1 aliphatic heterocycles. The molecule has 0 atom stereocenters. The predicted octanol–water partition coefficient (Wildman–Crippen LogP) is 2.80. The summed E-state index contributed by atoms with van der Waals surface area (Å²) in [6.45, 7) is 9.29. The SMILES string of the molecule is CCN(CC)c1ccc(CNC2CCOCC2)cc1. The number of anilines is 1. The maximum absolute atomic E-state index is 5.37. The lowest BCUT2D eigenvalue weighted by molar-refractivity contribution is 0.0776. The van der Waals surface area contributed by atoms with Crippen LogP contribution in [-0.2, 0) is 11.3 Å². The predicted molar refractivity (Wildman–Crippen MR) is 80.7 cm³/mol. The average Bonchev–Trinajstić information content (AvgIpc) is 2.49. The van der Waals surface area contributed by atoms with E-state index in [9.17, 15) is 0 Å². The van der Waals surface area contributed by atoms with E-state index >= 15 is 0 Å². The highest BCUT2D eigenvalue weighted by Gasteiger charge is 2.12. The van der Waals surface area contributed by atoms with Crippen molar-refractivity contribution < 1.29 is 4.74 Å². The minimum Gasteiger partial charge on any atom is -0.381 e. The summed E-state index contributed by atoms with van der Waals surface area (Å²) in [6, 6.07) is 9.55. The first kappa shape index (κ1) is 14.4. The second-order valence-electron chi connectivity index (χ2n) is 5.11. The Kier molecular flexibility index (Phi) is 5.67. The van der Waals surface area contributed by atoms with Gasteiger partial charge in [0.05, 0.1) is 0 Å². The van der Waals surface area contributed by atoms with Gasteiger partial charge in [-0.1, -0.05) is 12.1 Å². The first-order valence-corrected chi connectivity index (χ1v) is 7.48. The Labute approximate surface area is 116 Å². The van der Waals surface area contributed by atoms with Gasteiger partial charge in [-0.05, 0) is 44.4 Å². The lowest BCUT2D eigenvalue weighted by Gasteiger charge is -2.24. The molecule has 1 heterocycles. The highest BCUT2D eigenvalue weighted by Crippen LogP contribution is 2.15. The van der Waals surface area contributed by atoms with Gasteiger partial charge >= 0.3 is 0 Å². The van der Waals surface area contributed by atoms with Crippen molar-refractivity contribution in [1.29, 1.82) is 0 Å². The van der Waals surface area contributed by atoms with Crippen molar-refractivity contribution in [2.75, 3.05) is 31.2 Å². The molecular weight excluding hydrogens is 236 g/mol. The van der Waals surface area contributed by atoms with Crippen LogP contribution in [0.15, 0.2) is 24.3 Å². The standard InChI is InChI=1S/C16H26N2O/c1-3-18(4-2)16-7-5-14(6-8-16)13-17-15-9-11-19-12-10-15/h5-8,15,17H,3-4,9-13H2,1-2H3. The van der Waals surface area contributed by atoms with E-state index in [0.29, 0.717) is 6.04 Å². The molecule has 1 fully saturated rings. The van der Waals surface area contributed by atoms with Crippen LogP contribution in [-0.4, -0.2) is 32.3 Å². The number of hydrogen-bond donors (Lipinski definition) is 1. The lowest BCUT2D eigenvalue weighted by Crippen LogP contribution is -2.34. The number of ether oxygens (including phenoxy) is 1. The van der Waals surface area contributed by atoms with Gasteiger partial charge in [0.2, 0.25) is 0 Å². The zero-order valence-electron chi connectivity index (χ0n) is 12.2. The smallest absolute Gasteiger partial charge is 0.0480 e. The molecule has 0 spiro atoms. The number of benzene rings is 1. The van der Waals surface area contributed by atoms with Crippen molar-refractivity contribution in [3.63, 3.8) is 0 Å². The van der Waals surface area contributed by atoms with E-state index in [0.717, 1.165) is 45.7 Å². The minimum absolute atomic E-state index is 0.621. The molecule has 0 saturated carbocycles. The molecule has 2 rings (SSSR count). The zero-order chi connectivity index (χ0) is 13.5. The van der Waals surface area contributed by atoms with E-state index in [2.05, 4.69) is 48.3 Å². The molecule has 0 amide bonds. The van der Waals surface area contributed by atoms with E-state index in [4.69, 9.17) is 4.74 Å². The zero-order valence-corrected chi connectivity index (χ0v) is 12.2. The third-order valence-corrected chi connectivity index (χ3v) is 3.88. The van der Waals surface area contributed by atoms with Gasteiger partial charge in [-0.15, -0.1) is 0 Å². The van der Waals surface area contributed by atoms with E-state index in [1.807, 2.05) is 0 Å². The summed E-state index contributed by atoms with van der Waals surface area (Å²) in [5, 5.41) is 3.62. The molecule has 0 radical (unpaired) electrons. The summed E-state index contributed by atoms with van der Waals surface area (Å²) in [5.74, 6) is 0. The summed E-state index contributed by atoms with van der Waals surface area (Å²) in [7, 11) is 0. The minimum atomic E-state index is 0.621. The maximum atomic E-state index is 5.37. The summed E-state index contributed by atoms with van der Waals surface area (Å²) in [4.78, 5) is 2.37. The van der Waals surface area contributed by atoms with Crippen LogP contribution >= 0.6 is 0 Å². The van der Waals surface area contributed by atoms with Gasteiger partial charge in [0.25, 0.3) is 0 Å². The van der Waals surface area contributed by atoms with E-state index in [1.54, 1.807) is 0 Å². The Bertz CT molecular complexity index is 354. The normalized spacial score (nSPS) is 16.5. The number of hydrogen-bond acceptors (Lipinski definition) is 3. The molecule has 106 valence electrons. The summed E-state index contributed by atoms with van der Waals surface area (Å²) < 4.78 is 5.37. The topological polar surface area (TPSA) is 24.5 Å². The Morgan fingerprint density at radius 3 is 2.32 bits per heavy atom. The van der Waals surface area contributed by atoms with Crippen molar-refractivity contribution >= 4 is 5.69 Å². The van der Waals surface area contributed by atoms with Crippen molar-refractivity contribution in [2.45, 2.75) is 39.3 Å². The van der Waals surface area contributed by atoms with Crippen LogP contribution in [0, 0.1) is 0 Å². The third kappa shape index (κ3) is 4.22. The van der Waals surface area contributed by atoms with E-state index < -0.39 is 0 Å². The highest BCUT2D eigenvalue weighted by atomic mass is 16.5. The van der Waals surface area contributed by atoms with Gasteiger partial charge in [-0.2, -0.15) is 0 Å². The van der Waals surface area contributed by atoms with Crippen LogP contribution in [0.25, 0.3) is 0 Å². The Hall–Kier alpha value is -1.06. The van der Waals surface area contributed by atoms with Gasteiger partial charge < -0.3 is 15.0 Å². The molecule has 0 unspecified atom stereocenters. The number of nitrogens with one attached hydrogen (secondary N) is 1. The molecule has 0 bridgehead atoms. The molecule has 3 nitrogen and oxygen atoms in total. The molecule has 0 aliphatic carbocycles. The molecule has 1 N–H and O–H groups in total. The van der Waals surface area contributed by atoms with Gasteiger partial charge in [0.15, 0.2) is 0 Å². The largest absolute Gasteiger partial charge is 0.381 e. The van der Waals surface area contributed by atoms with Crippen molar-refractivity contribution in [2.24, 2.45) is 0 Å². The number of rotatable bonds is 6. The highest BCUT2D eigenvalue weighted by molar-refractivity contribution is 5.47. The molecule has 3 heteroatoms. The van der Waals surface area contributed by atoms with Crippen LogP contribution in [0.4, 0.5) is 5.69 Å². The first-order valence-electron chi connectivity index (χ1n) is 7.48. The summed E-state index contributed by atoms with van der Waals surface area (Å²) in [6.07, 6.45) is 2.27. The number of nitrogens with zero attached hydrogens (tertiary/aromatic N) is 1. The van der Waals surface area contributed by atoms with Crippen LogP contribution in [0.5, 0.6) is 0 Å². The third-order valence-electron chi connectivity index (χ3n) is 3.88. The molecular formula is C16H26N2O. The van der Waals surface area contributed by atoms with Crippen LogP contribution in [0.2, 0.25) is 0 Å². The van der Waals surface area contributed by atoms with Crippen molar-refractivity contribution in [3.8, 4) is 0 Å². The van der Waals surface area contributed by atoms with Crippen molar-refractivity contribution in [1.82, 2.24) is 5.32 Å². The Balaban J connectivity index is 1.84. The molecule has 19 heavy (non-hydrogen) atoms. The van der Waals surface area contributed by atoms with Crippen LogP contribution < -0.4 is 10.2 Å². The molecule has 1 saturated heterocycles. The molecule has 1 aromatic rings. The molecule has 0 aromatic heterocycles. The average molecular weight is 262 g/mol. The van der Waals surface area contributed by atoms with Gasteiger partial charge in [0, 0.05) is 44.6 Å². The fourth-order valence-corrected chi connectivity index (χ4v) is 2.58. The van der Waals surface area contributed by atoms with E-state index in [1.165, 1.54) is 11.3 Å². The quantitative estimate of drug-likeness (QED) is 0.853. The molecule has 1 aliphatic rings. The van der Waals surface area contributed by atoms with Gasteiger partial charge in [0.1, 0.15) is 0 Å². The van der Waals surface area contributed by atoms with Gasteiger partial charge in [-0.25, -0.2) is 0 Å². The maximum Gasteiger partial charge on any atom is 0.0480 e. The first-order chi connectivity index (χ1) is 9.33. The second-order valence-corrected chi connectivity index (χ2v) is 5.11. The second kappa shape index (κ2) is 7.51. The Morgan fingerprint density at radius 1 is 1.11 bits per heavy atom. The van der Waals surface area contributed by atoms with E-state index in [-0.39, 0.29) is 0 Å². The summed E-state index contributed by atoms with van der Waals surface area (Å²) >= 11 is 0. The van der Waals surface area contributed by atoms with Crippen molar-refractivity contribution in [3.05, 3.63) is 29.8 Å². The molecule has 1 aromatic carbocycles. The monoisotopic (exact) mass is 262 g/mol. The fourth-order valence-electron chi connectivity index (χ4n) is 2.58. The van der Waals surface area contributed by atoms with Gasteiger partial charge in [-0.3, -0.25) is 0 Å².